The first-order valence-corrected chi connectivity index (χ1v) is 22.3. The fourth-order valence-electron chi connectivity index (χ4n) is 9.36. The first-order valence-electron chi connectivity index (χ1n) is 22.3. The van der Waals surface area contributed by atoms with Crippen molar-refractivity contribution in [3.8, 4) is 39.6 Å². The van der Waals surface area contributed by atoms with E-state index in [0.29, 0.717) is 34.1 Å². The Hall–Kier alpha value is -6.77. The van der Waals surface area contributed by atoms with Crippen molar-refractivity contribution in [2.45, 2.75) is 66.2 Å². The Balaban J connectivity index is 0.00000593. The number of rotatable bonds is 7. The minimum atomic E-state index is -2.22. The van der Waals surface area contributed by atoms with E-state index in [9.17, 15) is 13.2 Å². The molecule has 7 aromatic carbocycles. The molecule has 1 aliphatic heterocycles. The Morgan fingerprint density at radius 2 is 1.22 bits per heavy atom. The monoisotopic (exact) mass is 1100 g/mol. The molecule has 3 heterocycles. The van der Waals surface area contributed by atoms with Crippen LogP contribution in [0, 0.1) is 61.7 Å². The molecular formula is C58H46F5N4OPt-3. The third-order valence-corrected chi connectivity index (χ3v) is 12.7. The molecule has 0 spiro atoms. The summed E-state index contributed by atoms with van der Waals surface area (Å²) in [6.07, 6.45) is 1.84. The Labute approximate surface area is 413 Å². The number of nitrogens with zero attached hydrogens (tertiary/aromatic N) is 4. The number of benzene rings is 7. The summed E-state index contributed by atoms with van der Waals surface area (Å²) in [5.74, 6) is -8.52. The summed E-state index contributed by atoms with van der Waals surface area (Å²) < 4.78 is 85.0. The maximum Gasteiger partial charge on any atom is 0.200 e. The van der Waals surface area contributed by atoms with Gasteiger partial charge in [-0.1, -0.05) is 114 Å². The molecule has 0 fully saturated rings. The number of para-hydroxylation sites is 4. The number of hydrogen-bond donors (Lipinski definition) is 0. The maximum atomic E-state index is 15.8. The first-order chi connectivity index (χ1) is 32.4. The maximum absolute atomic E-state index is 15.8. The van der Waals surface area contributed by atoms with Gasteiger partial charge in [0.25, 0.3) is 0 Å². The molecule has 1 aliphatic rings. The number of halogens is 5. The minimum absolute atomic E-state index is 0. The van der Waals surface area contributed by atoms with E-state index in [-0.39, 0.29) is 37.7 Å². The molecule has 69 heavy (non-hydrogen) atoms. The van der Waals surface area contributed by atoms with Crippen LogP contribution in [0.2, 0.25) is 0 Å². The molecule has 10 rings (SSSR count). The number of pyridine rings is 1. The predicted molar refractivity (Wildman–Crippen MR) is 262 cm³/mol. The number of anilines is 4. The van der Waals surface area contributed by atoms with Gasteiger partial charge in [0.15, 0.2) is 23.3 Å². The fourth-order valence-corrected chi connectivity index (χ4v) is 9.36. The molecular weight excluding hydrogens is 1060 g/mol. The van der Waals surface area contributed by atoms with E-state index in [1.807, 2.05) is 131 Å². The molecule has 0 N–H and O–H groups in total. The van der Waals surface area contributed by atoms with E-state index in [4.69, 9.17) is 9.72 Å². The van der Waals surface area contributed by atoms with Crippen molar-refractivity contribution in [2.24, 2.45) is 0 Å². The number of aromatic nitrogens is 2. The summed E-state index contributed by atoms with van der Waals surface area (Å²) in [6, 6.07) is 45.6. The molecule has 0 saturated carbocycles. The first kappa shape index (κ1) is 47.3. The minimum Gasteiger partial charge on any atom is -0.509 e. The summed E-state index contributed by atoms with van der Waals surface area (Å²) in [5, 5.41) is 2.03. The van der Waals surface area contributed by atoms with Crippen molar-refractivity contribution < 1.29 is 47.8 Å². The topological polar surface area (TPSA) is 33.5 Å². The van der Waals surface area contributed by atoms with Gasteiger partial charge in [-0.05, 0) is 88.2 Å². The van der Waals surface area contributed by atoms with Crippen LogP contribution >= 0.6 is 0 Å². The van der Waals surface area contributed by atoms with Gasteiger partial charge in [-0.3, -0.25) is 0 Å². The van der Waals surface area contributed by atoms with Gasteiger partial charge in [-0.2, -0.15) is 6.07 Å². The molecule has 0 bridgehead atoms. The quantitative estimate of drug-likeness (QED) is 0.0689. The normalized spacial score (nSPS) is 12.8. The van der Waals surface area contributed by atoms with Crippen molar-refractivity contribution in [1.29, 1.82) is 0 Å². The van der Waals surface area contributed by atoms with Crippen molar-refractivity contribution in [1.82, 2.24) is 9.55 Å². The number of ether oxygens (including phenoxy) is 1. The van der Waals surface area contributed by atoms with Crippen molar-refractivity contribution >= 4 is 44.6 Å². The van der Waals surface area contributed by atoms with Gasteiger partial charge < -0.3 is 19.1 Å². The molecule has 352 valence electrons. The van der Waals surface area contributed by atoms with Crippen LogP contribution in [0.3, 0.4) is 0 Å². The zero-order valence-electron chi connectivity index (χ0n) is 39.1. The van der Waals surface area contributed by atoms with Crippen LogP contribution in [0.4, 0.5) is 44.7 Å². The van der Waals surface area contributed by atoms with Gasteiger partial charge in [0, 0.05) is 66.9 Å². The van der Waals surface area contributed by atoms with Crippen LogP contribution in [-0.4, -0.2) is 9.55 Å². The molecule has 0 unspecified atom stereocenters. The smallest absolute Gasteiger partial charge is 0.200 e. The fraction of sp³-hybridized carbons (Fsp3) is 0.172. The predicted octanol–water partition coefficient (Wildman–Crippen LogP) is 16.2. The third kappa shape index (κ3) is 8.16. The van der Waals surface area contributed by atoms with Gasteiger partial charge >= 0.3 is 0 Å². The van der Waals surface area contributed by atoms with Crippen molar-refractivity contribution in [3.05, 3.63) is 198 Å². The van der Waals surface area contributed by atoms with Crippen LogP contribution in [-0.2, 0) is 31.9 Å². The Kier molecular flexibility index (Phi) is 12.1. The average molecular weight is 1110 g/mol. The second-order valence-corrected chi connectivity index (χ2v) is 19.3. The molecule has 5 nitrogen and oxygen atoms in total. The number of aryl methyl sites for hydroxylation is 2. The van der Waals surface area contributed by atoms with Gasteiger partial charge in [-0.25, -0.2) is 26.9 Å². The van der Waals surface area contributed by atoms with Crippen LogP contribution in [0.15, 0.2) is 128 Å². The molecule has 2 aromatic heterocycles. The number of fused-ring (bicyclic) bond motifs is 4. The zero-order chi connectivity index (χ0) is 48.0. The average Bonchev–Trinajstić information content (AvgIpc) is 3.85. The summed E-state index contributed by atoms with van der Waals surface area (Å²) >= 11 is 0. The van der Waals surface area contributed by atoms with E-state index in [1.165, 1.54) is 6.07 Å². The SMILES string of the molecule is Cc1cccc(C)c1-c1cc(Oc2[c-]c3c(cc2)c2ccccc2n3-c2cc(C(C)(C)C)ccn2)[c-]c(N2[CH-]N(c3c(-c4c(F)c(F)c(F)c(F)c4F)cccc3C(C)(C)C)c3ccccc32)c1.[Pt]. The van der Waals surface area contributed by atoms with Crippen molar-refractivity contribution in [2.75, 3.05) is 9.80 Å². The van der Waals surface area contributed by atoms with Crippen LogP contribution < -0.4 is 14.5 Å². The molecule has 0 atom stereocenters. The second kappa shape index (κ2) is 17.6. The van der Waals surface area contributed by atoms with E-state index in [1.54, 1.807) is 23.7 Å². The van der Waals surface area contributed by atoms with E-state index < -0.39 is 40.1 Å². The third-order valence-electron chi connectivity index (χ3n) is 12.7. The van der Waals surface area contributed by atoms with Crippen LogP contribution in [0.5, 0.6) is 11.5 Å². The summed E-state index contributed by atoms with van der Waals surface area (Å²) in [7, 11) is 0. The molecule has 0 amide bonds. The molecule has 9 aromatic rings. The van der Waals surface area contributed by atoms with Gasteiger partial charge in [0.05, 0.1) is 5.56 Å². The Morgan fingerprint density at radius 1 is 0.580 bits per heavy atom. The van der Waals surface area contributed by atoms with Crippen LogP contribution in [0.1, 0.15) is 63.8 Å². The van der Waals surface area contributed by atoms with E-state index in [0.717, 1.165) is 55.4 Å². The molecule has 0 radical (unpaired) electrons. The standard InChI is InChI=1S/C58H46F5N4O.Pt/c1-33-15-13-16-34(2)49(33)35-27-37(30-39(28-35)68-38-23-24-41-40-17-9-10-20-44(40)67(47(41)31-38)48-29-36(25-26-64-48)57(3,4)5)65-32-66(46-22-12-11-21-45(46)65)56-42(18-14-19-43(56)58(6,7)8)50-51(59)53(61)55(63)54(62)52(50)60;/h9-29,32H,1-8H3;/q-3;. The zero-order valence-corrected chi connectivity index (χ0v) is 41.4. The summed E-state index contributed by atoms with van der Waals surface area (Å²) in [4.78, 5) is 8.46. The van der Waals surface area contributed by atoms with Gasteiger partial charge in [0.1, 0.15) is 5.82 Å². The van der Waals surface area contributed by atoms with Gasteiger partial charge in [-0.15, -0.1) is 53.6 Å². The van der Waals surface area contributed by atoms with Crippen LogP contribution in [0.25, 0.3) is 49.9 Å². The van der Waals surface area contributed by atoms with Gasteiger partial charge in [0.2, 0.25) is 5.82 Å². The number of hydrogen-bond acceptors (Lipinski definition) is 4. The molecule has 11 heteroatoms. The second-order valence-electron chi connectivity index (χ2n) is 19.3. The largest absolute Gasteiger partial charge is 0.509 e. The summed E-state index contributed by atoms with van der Waals surface area (Å²) in [6.45, 7) is 18.1. The molecule has 0 saturated heterocycles. The van der Waals surface area contributed by atoms with E-state index in [2.05, 4.69) is 55.7 Å². The van der Waals surface area contributed by atoms with Crippen molar-refractivity contribution in [3.63, 3.8) is 0 Å². The van der Waals surface area contributed by atoms with E-state index >= 15 is 8.78 Å². The molecule has 0 aliphatic carbocycles. The Bertz CT molecular complexity index is 3450. The Morgan fingerprint density at radius 3 is 1.90 bits per heavy atom. The summed E-state index contributed by atoms with van der Waals surface area (Å²) in [5.41, 5.74) is 7.53.